The summed E-state index contributed by atoms with van der Waals surface area (Å²) in [6, 6.07) is 11.5. The molecule has 128 valence electrons. The zero-order chi connectivity index (χ0) is 17.9. The van der Waals surface area contributed by atoms with Crippen LogP contribution in [0.4, 0.5) is 36.4 Å². The monoisotopic (exact) mass is 365 g/mol. The maximum Gasteiger partial charge on any atom is 0.416 e. The summed E-state index contributed by atoms with van der Waals surface area (Å²) in [5, 5.41) is 6.41. The normalized spacial score (nSPS) is 11.2. The van der Waals surface area contributed by atoms with Gasteiger partial charge in [0.05, 0.1) is 5.56 Å². The number of rotatable bonds is 4. The van der Waals surface area contributed by atoms with E-state index < -0.39 is 11.7 Å². The Hall–Kier alpha value is -2.87. The second-order valence-corrected chi connectivity index (χ2v) is 5.40. The molecule has 1 aromatic heterocycles. The van der Waals surface area contributed by atoms with Crippen LogP contribution in [0.25, 0.3) is 0 Å². The van der Waals surface area contributed by atoms with Crippen molar-refractivity contribution in [3.05, 3.63) is 65.4 Å². The smallest absolute Gasteiger partial charge is 0.324 e. The lowest BCUT2D eigenvalue weighted by Crippen LogP contribution is -2.05. The molecule has 0 saturated carbocycles. The first-order valence-corrected chi connectivity index (χ1v) is 7.44. The van der Waals surface area contributed by atoms with Gasteiger partial charge in [-0.1, -0.05) is 11.6 Å². The number of halogens is 4. The van der Waals surface area contributed by atoms with E-state index in [1.807, 2.05) is 0 Å². The zero-order valence-corrected chi connectivity index (χ0v) is 13.3. The fraction of sp³-hybridized carbons (Fsp3) is 0.0625. The molecular formula is C16H11ClF3N5. The zero-order valence-electron chi connectivity index (χ0n) is 12.5. The molecule has 0 atom stereocenters. The van der Waals surface area contributed by atoms with Crippen molar-refractivity contribution in [2.45, 2.75) is 6.18 Å². The highest BCUT2D eigenvalue weighted by Gasteiger charge is 2.29. The third-order valence-corrected chi connectivity index (χ3v) is 3.39. The Morgan fingerprint density at radius 1 is 0.760 bits per heavy atom. The number of hydrogen-bond donors (Lipinski definition) is 2. The summed E-state index contributed by atoms with van der Waals surface area (Å²) in [5.74, 6) is 0.484. The third-order valence-electron chi connectivity index (χ3n) is 3.14. The molecule has 0 saturated heterocycles. The van der Waals surface area contributed by atoms with Gasteiger partial charge in [-0.2, -0.15) is 18.2 Å². The maximum absolute atomic E-state index is 12.6. The fourth-order valence-corrected chi connectivity index (χ4v) is 2.08. The summed E-state index contributed by atoms with van der Waals surface area (Å²) in [4.78, 5) is 12.1. The highest BCUT2D eigenvalue weighted by Crippen LogP contribution is 2.30. The van der Waals surface area contributed by atoms with Gasteiger partial charge in [-0.3, -0.25) is 0 Å². The second kappa shape index (κ2) is 6.94. The first-order chi connectivity index (χ1) is 11.9. The van der Waals surface area contributed by atoms with Crippen molar-refractivity contribution in [2.75, 3.05) is 10.6 Å². The second-order valence-electron chi connectivity index (χ2n) is 4.96. The molecule has 3 aromatic rings. The minimum absolute atomic E-state index is 0.200. The van der Waals surface area contributed by atoms with Gasteiger partial charge < -0.3 is 10.6 Å². The van der Waals surface area contributed by atoms with Gasteiger partial charge in [-0.05, 0) is 48.5 Å². The Balaban J connectivity index is 1.72. The Kier molecular flexibility index (Phi) is 4.71. The minimum Gasteiger partial charge on any atom is -0.324 e. The first kappa shape index (κ1) is 17.0. The molecule has 0 amide bonds. The first-order valence-electron chi connectivity index (χ1n) is 7.06. The van der Waals surface area contributed by atoms with E-state index in [-0.39, 0.29) is 11.9 Å². The topological polar surface area (TPSA) is 62.7 Å². The molecule has 9 heteroatoms. The summed E-state index contributed by atoms with van der Waals surface area (Å²) < 4.78 is 37.7. The van der Waals surface area contributed by atoms with Crippen LogP contribution < -0.4 is 10.6 Å². The highest BCUT2D eigenvalue weighted by molar-refractivity contribution is 6.30. The molecule has 0 spiro atoms. The lowest BCUT2D eigenvalue weighted by Gasteiger charge is -2.09. The van der Waals surface area contributed by atoms with Crippen LogP contribution >= 0.6 is 11.6 Å². The van der Waals surface area contributed by atoms with Gasteiger partial charge in [-0.15, -0.1) is 0 Å². The lowest BCUT2D eigenvalue weighted by molar-refractivity contribution is -0.137. The lowest BCUT2D eigenvalue weighted by atomic mass is 10.2. The van der Waals surface area contributed by atoms with Crippen LogP contribution in [0.15, 0.2) is 54.9 Å². The summed E-state index contributed by atoms with van der Waals surface area (Å²) >= 11 is 5.82. The van der Waals surface area contributed by atoms with Gasteiger partial charge in [0.25, 0.3) is 0 Å². The number of aromatic nitrogens is 3. The average molecular weight is 366 g/mol. The summed E-state index contributed by atoms with van der Waals surface area (Å²) in [7, 11) is 0. The summed E-state index contributed by atoms with van der Waals surface area (Å²) in [6.07, 6.45) is -3.08. The summed E-state index contributed by atoms with van der Waals surface area (Å²) in [6.45, 7) is 0. The van der Waals surface area contributed by atoms with E-state index >= 15 is 0 Å². The van der Waals surface area contributed by atoms with Gasteiger partial charge in [0.2, 0.25) is 11.9 Å². The Morgan fingerprint density at radius 3 is 1.72 bits per heavy atom. The molecular weight excluding hydrogens is 355 g/mol. The predicted molar refractivity (Wildman–Crippen MR) is 89.3 cm³/mol. The van der Waals surface area contributed by atoms with Gasteiger partial charge in [-0.25, -0.2) is 9.97 Å². The molecule has 2 aromatic carbocycles. The van der Waals surface area contributed by atoms with Crippen LogP contribution in [0.1, 0.15) is 5.56 Å². The van der Waals surface area contributed by atoms with Crippen molar-refractivity contribution in [3.8, 4) is 0 Å². The molecule has 0 unspecified atom stereocenters. The highest BCUT2D eigenvalue weighted by atomic mass is 35.5. The molecule has 1 heterocycles. The van der Waals surface area contributed by atoms with Crippen molar-refractivity contribution in [1.82, 2.24) is 15.0 Å². The quantitative estimate of drug-likeness (QED) is 0.679. The SMILES string of the molecule is FC(F)(F)c1ccc(Nc2ncnc(Nc3ccc(Cl)cc3)n2)cc1. The molecule has 5 nitrogen and oxygen atoms in total. The van der Waals surface area contributed by atoms with E-state index in [2.05, 4.69) is 25.6 Å². The van der Waals surface area contributed by atoms with Gasteiger partial charge >= 0.3 is 6.18 Å². The molecule has 3 rings (SSSR count). The van der Waals surface area contributed by atoms with E-state index in [1.165, 1.54) is 18.5 Å². The molecule has 0 fully saturated rings. The molecule has 25 heavy (non-hydrogen) atoms. The van der Waals surface area contributed by atoms with Crippen molar-refractivity contribution in [3.63, 3.8) is 0 Å². The van der Waals surface area contributed by atoms with E-state index in [4.69, 9.17) is 11.6 Å². The summed E-state index contributed by atoms with van der Waals surface area (Å²) in [5.41, 5.74) is 0.437. The largest absolute Gasteiger partial charge is 0.416 e. The Bertz CT molecular complexity index is 851. The standard InChI is InChI=1S/C16H11ClF3N5/c17-11-3-7-13(8-4-11)24-15-22-9-21-14(25-15)23-12-5-1-10(2-6-12)16(18,19)20/h1-9H,(H2,21,22,23,24,25). The predicted octanol–water partition coefficient (Wildman–Crippen LogP) is 5.03. The van der Waals surface area contributed by atoms with Crippen LogP contribution in [0.2, 0.25) is 5.02 Å². The van der Waals surface area contributed by atoms with Crippen molar-refractivity contribution in [1.29, 1.82) is 0 Å². The molecule has 2 N–H and O–H groups in total. The van der Waals surface area contributed by atoms with E-state index in [1.54, 1.807) is 24.3 Å². The molecule has 0 aliphatic rings. The van der Waals surface area contributed by atoms with Crippen LogP contribution in [-0.4, -0.2) is 15.0 Å². The number of benzene rings is 2. The van der Waals surface area contributed by atoms with Gasteiger partial charge in [0, 0.05) is 16.4 Å². The number of alkyl halides is 3. The number of nitrogens with one attached hydrogen (secondary N) is 2. The van der Waals surface area contributed by atoms with Gasteiger partial charge in [0.15, 0.2) is 0 Å². The minimum atomic E-state index is -4.37. The molecule has 0 radical (unpaired) electrons. The van der Waals surface area contributed by atoms with Crippen molar-refractivity contribution < 1.29 is 13.2 Å². The number of hydrogen-bond acceptors (Lipinski definition) is 5. The van der Waals surface area contributed by atoms with Crippen molar-refractivity contribution >= 4 is 34.9 Å². The molecule has 0 aliphatic heterocycles. The Labute approximate surface area is 145 Å². The fourth-order valence-electron chi connectivity index (χ4n) is 1.95. The molecule has 0 bridgehead atoms. The maximum atomic E-state index is 12.6. The van der Waals surface area contributed by atoms with E-state index in [9.17, 15) is 13.2 Å². The van der Waals surface area contributed by atoms with Crippen LogP contribution in [0.5, 0.6) is 0 Å². The Morgan fingerprint density at radius 2 is 1.24 bits per heavy atom. The van der Waals surface area contributed by atoms with Crippen LogP contribution in [0.3, 0.4) is 0 Å². The van der Waals surface area contributed by atoms with E-state index in [0.29, 0.717) is 10.7 Å². The number of nitrogens with zero attached hydrogens (tertiary/aromatic N) is 3. The van der Waals surface area contributed by atoms with Crippen LogP contribution in [-0.2, 0) is 6.18 Å². The van der Waals surface area contributed by atoms with Gasteiger partial charge in [0.1, 0.15) is 6.33 Å². The third kappa shape index (κ3) is 4.57. The number of anilines is 4. The molecule has 0 aliphatic carbocycles. The van der Waals surface area contributed by atoms with E-state index in [0.717, 1.165) is 17.8 Å². The average Bonchev–Trinajstić information content (AvgIpc) is 2.57. The van der Waals surface area contributed by atoms with Crippen molar-refractivity contribution in [2.24, 2.45) is 0 Å². The van der Waals surface area contributed by atoms with Crippen LogP contribution in [0, 0.1) is 0 Å².